The van der Waals surface area contributed by atoms with Crippen molar-refractivity contribution >= 4 is 0 Å². The Kier molecular flexibility index (Phi) is 1.51. The molecular formula is C8H6N2O2. The van der Waals surface area contributed by atoms with Crippen molar-refractivity contribution in [3.8, 4) is 17.1 Å². The first kappa shape index (κ1) is 6.84. The van der Waals surface area contributed by atoms with E-state index in [1.807, 2.05) is 0 Å². The molecule has 0 bridgehead atoms. The summed E-state index contributed by atoms with van der Waals surface area (Å²) >= 11 is 0. The smallest absolute Gasteiger partial charge is 0.214 e. The first-order valence-corrected chi connectivity index (χ1v) is 3.42. The molecule has 0 aliphatic rings. The minimum Gasteiger partial charge on any atom is -0.508 e. The van der Waals surface area contributed by atoms with Crippen LogP contribution < -0.4 is 0 Å². The lowest BCUT2D eigenvalue weighted by atomic mass is 10.2. The number of hydrogen-bond donors (Lipinski definition) is 1. The topological polar surface area (TPSA) is 59.2 Å². The zero-order chi connectivity index (χ0) is 8.39. The van der Waals surface area contributed by atoms with E-state index in [0.29, 0.717) is 5.82 Å². The number of benzene rings is 1. The van der Waals surface area contributed by atoms with Crippen molar-refractivity contribution in [2.75, 3.05) is 0 Å². The lowest BCUT2D eigenvalue weighted by molar-refractivity contribution is 0.418. The van der Waals surface area contributed by atoms with Gasteiger partial charge in [-0.2, -0.15) is 4.98 Å². The highest BCUT2D eigenvalue weighted by atomic mass is 16.5. The van der Waals surface area contributed by atoms with Crippen molar-refractivity contribution in [3.63, 3.8) is 0 Å². The van der Waals surface area contributed by atoms with Gasteiger partial charge in [0.05, 0.1) is 0 Å². The summed E-state index contributed by atoms with van der Waals surface area (Å²) in [5.41, 5.74) is 0.740. The van der Waals surface area contributed by atoms with Gasteiger partial charge in [0.2, 0.25) is 12.2 Å². The van der Waals surface area contributed by atoms with Gasteiger partial charge in [-0.3, -0.25) is 0 Å². The van der Waals surface area contributed by atoms with Crippen LogP contribution >= 0.6 is 0 Å². The van der Waals surface area contributed by atoms with Crippen LogP contribution in [0.15, 0.2) is 35.2 Å². The third-order valence-corrected chi connectivity index (χ3v) is 1.47. The van der Waals surface area contributed by atoms with Gasteiger partial charge in [0.25, 0.3) is 0 Å². The summed E-state index contributed by atoms with van der Waals surface area (Å²) in [6, 6.07) is 6.68. The molecule has 1 aromatic heterocycles. The van der Waals surface area contributed by atoms with E-state index in [-0.39, 0.29) is 5.75 Å². The second kappa shape index (κ2) is 2.65. The lowest BCUT2D eigenvalue weighted by Gasteiger charge is -1.93. The molecule has 0 fully saturated rings. The molecule has 1 heterocycles. The van der Waals surface area contributed by atoms with Crippen LogP contribution in [-0.2, 0) is 0 Å². The summed E-state index contributed by atoms with van der Waals surface area (Å²) < 4.78 is 4.57. The second-order valence-corrected chi connectivity index (χ2v) is 2.31. The van der Waals surface area contributed by atoms with Crippen LogP contribution in [0.3, 0.4) is 0 Å². The van der Waals surface area contributed by atoms with Crippen LogP contribution in [0.2, 0.25) is 0 Å². The zero-order valence-electron chi connectivity index (χ0n) is 6.14. The number of aromatic hydroxyl groups is 1. The fourth-order valence-corrected chi connectivity index (χ4v) is 0.943. The Morgan fingerprint density at radius 3 is 2.92 bits per heavy atom. The molecule has 2 rings (SSSR count). The van der Waals surface area contributed by atoms with Crippen LogP contribution in [0.1, 0.15) is 0 Å². The first-order chi connectivity index (χ1) is 5.86. The molecule has 0 radical (unpaired) electrons. The quantitative estimate of drug-likeness (QED) is 0.689. The average Bonchev–Trinajstić information content (AvgIpc) is 2.56. The molecule has 0 atom stereocenters. The van der Waals surface area contributed by atoms with Crippen molar-refractivity contribution < 1.29 is 9.63 Å². The Hall–Kier alpha value is -1.84. The monoisotopic (exact) mass is 162 g/mol. The van der Waals surface area contributed by atoms with E-state index in [9.17, 15) is 0 Å². The summed E-state index contributed by atoms with van der Waals surface area (Å²) in [6.07, 6.45) is 1.25. The summed E-state index contributed by atoms with van der Waals surface area (Å²) in [6.45, 7) is 0. The normalized spacial score (nSPS) is 10.0. The highest BCUT2D eigenvalue weighted by Gasteiger charge is 2.01. The summed E-state index contributed by atoms with van der Waals surface area (Å²) in [7, 11) is 0. The van der Waals surface area contributed by atoms with E-state index in [1.165, 1.54) is 6.39 Å². The molecule has 0 saturated carbocycles. The van der Waals surface area contributed by atoms with Crippen molar-refractivity contribution in [1.29, 1.82) is 0 Å². The molecule has 4 heteroatoms. The number of nitrogens with zero attached hydrogens (tertiary/aromatic N) is 2. The predicted molar refractivity (Wildman–Crippen MR) is 41.4 cm³/mol. The van der Waals surface area contributed by atoms with Crippen molar-refractivity contribution in [1.82, 2.24) is 10.1 Å². The lowest BCUT2D eigenvalue weighted by Crippen LogP contribution is -1.78. The molecule has 0 unspecified atom stereocenters. The molecule has 4 nitrogen and oxygen atoms in total. The maximum absolute atomic E-state index is 9.13. The molecule has 1 aromatic carbocycles. The Labute approximate surface area is 68.5 Å². The van der Waals surface area contributed by atoms with E-state index in [0.717, 1.165) is 5.56 Å². The van der Waals surface area contributed by atoms with Crippen molar-refractivity contribution in [2.45, 2.75) is 0 Å². The molecule has 60 valence electrons. The number of aromatic nitrogens is 2. The number of hydrogen-bond acceptors (Lipinski definition) is 4. The van der Waals surface area contributed by atoms with Crippen molar-refractivity contribution in [3.05, 3.63) is 30.7 Å². The Morgan fingerprint density at radius 2 is 2.25 bits per heavy atom. The second-order valence-electron chi connectivity index (χ2n) is 2.31. The summed E-state index contributed by atoms with van der Waals surface area (Å²) in [5.74, 6) is 0.670. The number of rotatable bonds is 1. The molecule has 0 amide bonds. The highest BCUT2D eigenvalue weighted by molar-refractivity contribution is 5.56. The van der Waals surface area contributed by atoms with Gasteiger partial charge in [0.1, 0.15) is 5.75 Å². The molecule has 0 spiro atoms. The average molecular weight is 162 g/mol. The maximum Gasteiger partial charge on any atom is 0.214 e. The van der Waals surface area contributed by atoms with E-state index >= 15 is 0 Å². The van der Waals surface area contributed by atoms with Crippen LogP contribution in [-0.4, -0.2) is 15.2 Å². The summed E-state index contributed by atoms with van der Waals surface area (Å²) in [4.78, 5) is 3.84. The van der Waals surface area contributed by atoms with Gasteiger partial charge in [-0.15, -0.1) is 0 Å². The minimum atomic E-state index is 0.192. The maximum atomic E-state index is 9.13. The fourth-order valence-electron chi connectivity index (χ4n) is 0.943. The fraction of sp³-hybridized carbons (Fsp3) is 0. The van der Waals surface area contributed by atoms with E-state index in [4.69, 9.17) is 5.11 Å². The number of phenols is 1. The zero-order valence-corrected chi connectivity index (χ0v) is 6.14. The third kappa shape index (κ3) is 1.14. The molecule has 1 N–H and O–H groups in total. The Bertz CT molecular complexity index is 370. The van der Waals surface area contributed by atoms with Gasteiger partial charge in [0, 0.05) is 5.56 Å². The van der Waals surface area contributed by atoms with Crippen LogP contribution in [0, 0.1) is 0 Å². The first-order valence-electron chi connectivity index (χ1n) is 3.42. The van der Waals surface area contributed by atoms with Gasteiger partial charge in [-0.1, -0.05) is 17.3 Å². The minimum absolute atomic E-state index is 0.192. The van der Waals surface area contributed by atoms with E-state index in [1.54, 1.807) is 24.3 Å². The third-order valence-electron chi connectivity index (χ3n) is 1.47. The SMILES string of the molecule is Oc1cccc(-c2ncon2)c1. The molecule has 0 saturated heterocycles. The van der Waals surface area contributed by atoms with Crippen LogP contribution in [0.5, 0.6) is 5.75 Å². The standard InChI is InChI=1S/C8H6N2O2/c11-7-3-1-2-6(4-7)8-9-5-12-10-8/h1-5,11H. The summed E-state index contributed by atoms with van der Waals surface area (Å²) in [5, 5.41) is 12.8. The Balaban J connectivity index is 2.48. The van der Waals surface area contributed by atoms with Crippen LogP contribution in [0.25, 0.3) is 11.4 Å². The van der Waals surface area contributed by atoms with Crippen LogP contribution in [0.4, 0.5) is 0 Å². The largest absolute Gasteiger partial charge is 0.508 e. The van der Waals surface area contributed by atoms with Crippen molar-refractivity contribution in [2.24, 2.45) is 0 Å². The molecule has 0 aliphatic heterocycles. The molecule has 0 aliphatic carbocycles. The van der Waals surface area contributed by atoms with E-state index in [2.05, 4.69) is 14.7 Å². The van der Waals surface area contributed by atoms with Gasteiger partial charge in [-0.05, 0) is 12.1 Å². The van der Waals surface area contributed by atoms with Gasteiger partial charge >= 0.3 is 0 Å². The molecule has 2 aromatic rings. The van der Waals surface area contributed by atoms with Gasteiger partial charge < -0.3 is 9.63 Å². The molecular weight excluding hydrogens is 156 g/mol. The highest BCUT2D eigenvalue weighted by Crippen LogP contribution is 2.18. The van der Waals surface area contributed by atoms with Gasteiger partial charge in [-0.25, -0.2) is 0 Å². The predicted octanol–water partition coefficient (Wildman–Crippen LogP) is 1.44. The Morgan fingerprint density at radius 1 is 1.33 bits per heavy atom. The van der Waals surface area contributed by atoms with E-state index < -0.39 is 0 Å². The molecule has 12 heavy (non-hydrogen) atoms. The number of phenolic OH excluding ortho intramolecular Hbond substituents is 1. The van der Waals surface area contributed by atoms with Gasteiger partial charge in [0.15, 0.2) is 0 Å².